The van der Waals surface area contributed by atoms with Crippen LogP contribution in [0.2, 0.25) is 0 Å². The molecular weight excluding hydrogens is 488 g/mol. The van der Waals surface area contributed by atoms with Gasteiger partial charge in [0.15, 0.2) is 11.6 Å². The fourth-order valence-electron chi connectivity index (χ4n) is 6.49. The first kappa shape index (κ1) is 24.8. The minimum absolute atomic E-state index is 0.0534. The lowest BCUT2D eigenvalue weighted by Gasteiger charge is -2.44. The lowest BCUT2D eigenvalue weighted by molar-refractivity contribution is -0.122. The largest absolute Gasteiger partial charge is 0.497 e. The van der Waals surface area contributed by atoms with E-state index in [9.17, 15) is 14.4 Å². The van der Waals surface area contributed by atoms with Crippen LogP contribution in [-0.4, -0.2) is 31.6 Å². The molecule has 2 aliphatic rings. The zero-order valence-corrected chi connectivity index (χ0v) is 21.8. The molecule has 0 amide bonds. The molecule has 2 aliphatic carbocycles. The molecule has 5 nitrogen and oxygen atoms in total. The summed E-state index contributed by atoms with van der Waals surface area (Å²) in [4.78, 5) is 41.9. The van der Waals surface area contributed by atoms with Gasteiger partial charge >= 0.3 is 0 Å². The average Bonchev–Trinajstić information content (AvgIpc) is 3.21. The molecule has 1 spiro atoms. The maximum Gasteiger partial charge on any atom is 0.178 e. The standard InChI is InChI=1S/C34H28O5/c1-38-26-16-24(17-27(20-26)39-2)21-12-14-23(15-13-21)31-19-25(35)18-30(22-8-4-3-5-9-22)34(31)32(36)28-10-6-7-11-29(28)33(34)37/h3-17,20,30-31H,18-19H2,1-2H3/t30-,31+/m1/s1. The number of carbonyl (C=O) groups excluding carboxylic acids is 3. The van der Waals surface area contributed by atoms with Gasteiger partial charge in [0.25, 0.3) is 0 Å². The van der Waals surface area contributed by atoms with Gasteiger partial charge in [-0.1, -0.05) is 78.9 Å². The number of methoxy groups -OCH3 is 2. The molecule has 4 aromatic rings. The number of ketones is 3. The molecule has 0 aromatic heterocycles. The van der Waals surface area contributed by atoms with Crippen LogP contribution in [0.15, 0.2) is 97.1 Å². The Morgan fingerprint density at radius 2 is 1.08 bits per heavy atom. The van der Waals surface area contributed by atoms with Gasteiger partial charge in [-0.05, 0) is 34.4 Å². The maximum atomic E-state index is 14.3. The van der Waals surface area contributed by atoms with Gasteiger partial charge in [0.05, 0.1) is 14.2 Å². The van der Waals surface area contributed by atoms with E-state index >= 15 is 0 Å². The monoisotopic (exact) mass is 516 g/mol. The lowest BCUT2D eigenvalue weighted by atomic mass is 9.54. The van der Waals surface area contributed by atoms with Crippen LogP contribution in [0, 0.1) is 5.41 Å². The Kier molecular flexibility index (Phi) is 6.15. The van der Waals surface area contributed by atoms with E-state index in [0.717, 1.165) is 22.3 Å². The van der Waals surface area contributed by atoms with Gasteiger partial charge in [0, 0.05) is 41.9 Å². The Hall–Kier alpha value is -4.51. The number of benzene rings is 4. The van der Waals surface area contributed by atoms with E-state index in [1.165, 1.54) is 0 Å². The van der Waals surface area contributed by atoms with Crippen LogP contribution in [0.25, 0.3) is 11.1 Å². The molecule has 0 N–H and O–H groups in total. The van der Waals surface area contributed by atoms with Gasteiger partial charge < -0.3 is 9.47 Å². The molecule has 1 saturated carbocycles. The van der Waals surface area contributed by atoms with Crippen LogP contribution in [-0.2, 0) is 4.79 Å². The van der Waals surface area contributed by atoms with E-state index in [0.29, 0.717) is 22.6 Å². The Labute approximate surface area is 227 Å². The number of carbonyl (C=O) groups is 3. The van der Waals surface area contributed by atoms with Gasteiger partial charge in [-0.25, -0.2) is 0 Å². The van der Waals surface area contributed by atoms with Crippen LogP contribution in [0.4, 0.5) is 0 Å². The second-order valence-electron chi connectivity index (χ2n) is 10.3. The second-order valence-corrected chi connectivity index (χ2v) is 10.3. The van der Waals surface area contributed by atoms with Crippen LogP contribution < -0.4 is 9.47 Å². The predicted molar refractivity (Wildman–Crippen MR) is 149 cm³/mol. The third kappa shape index (κ3) is 3.88. The minimum atomic E-state index is -1.38. The Bertz CT molecular complexity index is 1530. The first-order chi connectivity index (χ1) is 19.0. The molecule has 4 aromatic carbocycles. The maximum absolute atomic E-state index is 14.3. The highest BCUT2D eigenvalue weighted by atomic mass is 16.5. The van der Waals surface area contributed by atoms with Gasteiger partial charge in [0.2, 0.25) is 0 Å². The van der Waals surface area contributed by atoms with Crippen molar-refractivity contribution >= 4 is 17.3 Å². The molecule has 0 heterocycles. The molecule has 6 rings (SSSR count). The number of rotatable bonds is 5. The summed E-state index contributed by atoms with van der Waals surface area (Å²) in [5.74, 6) is -0.0820. The molecule has 0 aliphatic heterocycles. The topological polar surface area (TPSA) is 69.7 Å². The zero-order chi connectivity index (χ0) is 27.1. The van der Waals surface area contributed by atoms with Crippen molar-refractivity contribution in [3.63, 3.8) is 0 Å². The van der Waals surface area contributed by atoms with Crippen LogP contribution in [0.3, 0.4) is 0 Å². The highest BCUT2D eigenvalue weighted by Crippen LogP contribution is 2.60. The average molecular weight is 517 g/mol. The Morgan fingerprint density at radius 1 is 0.590 bits per heavy atom. The smallest absolute Gasteiger partial charge is 0.178 e. The SMILES string of the molecule is COc1cc(OC)cc(-c2ccc([C@@H]3CC(=O)C[C@H](c4ccccc4)C34C(=O)c3ccccc3C4=O)cc2)c1. The summed E-state index contributed by atoms with van der Waals surface area (Å²) in [6.07, 6.45) is 0.300. The molecule has 1 fully saturated rings. The van der Waals surface area contributed by atoms with Crippen molar-refractivity contribution in [2.45, 2.75) is 24.7 Å². The van der Waals surface area contributed by atoms with Crippen molar-refractivity contribution in [1.29, 1.82) is 0 Å². The summed E-state index contributed by atoms with van der Waals surface area (Å²) in [5, 5.41) is 0. The number of fused-ring (bicyclic) bond motifs is 1. The molecule has 5 heteroatoms. The van der Waals surface area contributed by atoms with Gasteiger partial charge in [-0.2, -0.15) is 0 Å². The van der Waals surface area contributed by atoms with E-state index < -0.39 is 17.3 Å². The van der Waals surface area contributed by atoms with E-state index in [-0.39, 0.29) is 30.2 Å². The van der Waals surface area contributed by atoms with Crippen molar-refractivity contribution in [1.82, 2.24) is 0 Å². The van der Waals surface area contributed by atoms with Gasteiger partial charge in [-0.15, -0.1) is 0 Å². The van der Waals surface area contributed by atoms with Crippen molar-refractivity contribution in [3.8, 4) is 22.6 Å². The third-order valence-corrected chi connectivity index (χ3v) is 8.33. The summed E-state index contributed by atoms with van der Waals surface area (Å²) in [7, 11) is 3.22. The van der Waals surface area contributed by atoms with Gasteiger partial charge in [0.1, 0.15) is 22.7 Å². The number of hydrogen-bond donors (Lipinski definition) is 0. The van der Waals surface area contributed by atoms with Crippen LogP contribution >= 0.6 is 0 Å². The molecule has 2 atom stereocenters. The number of ether oxygens (including phenoxy) is 2. The number of Topliss-reactive ketones (excluding diaryl/α,β-unsaturated/α-hetero) is 3. The fraction of sp³-hybridized carbons (Fsp3) is 0.206. The highest BCUT2D eigenvalue weighted by molar-refractivity contribution is 6.31. The summed E-state index contributed by atoms with van der Waals surface area (Å²) in [6, 6.07) is 30.1. The van der Waals surface area contributed by atoms with Crippen molar-refractivity contribution in [3.05, 3.63) is 119 Å². The predicted octanol–water partition coefficient (Wildman–Crippen LogP) is 6.67. The lowest BCUT2D eigenvalue weighted by Crippen LogP contribution is -2.49. The first-order valence-electron chi connectivity index (χ1n) is 13.1. The Morgan fingerprint density at radius 3 is 1.59 bits per heavy atom. The molecule has 0 bridgehead atoms. The Balaban J connectivity index is 1.49. The molecule has 39 heavy (non-hydrogen) atoms. The second kappa shape index (κ2) is 9.66. The molecular formula is C34H28O5. The van der Waals surface area contributed by atoms with E-state index in [2.05, 4.69) is 0 Å². The highest BCUT2D eigenvalue weighted by Gasteiger charge is 2.64. The van der Waals surface area contributed by atoms with Crippen molar-refractivity contribution < 1.29 is 23.9 Å². The van der Waals surface area contributed by atoms with Crippen molar-refractivity contribution in [2.24, 2.45) is 5.41 Å². The summed E-state index contributed by atoms with van der Waals surface area (Å²) in [6.45, 7) is 0. The van der Waals surface area contributed by atoms with Gasteiger partial charge in [-0.3, -0.25) is 14.4 Å². The summed E-state index contributed by atoms with van der Waals surface area (Å²) in [5.41, 5.74) is 3.00. The molecule has 0 radical (unpaired) electrons. The molecule has 0 unspecified atom stereocenters. The number of hydrogen-bond acceptors (Lipinski definition) is 5. The van der Waals surface area contributed by atoms with E-state index in [1.54, 1.807) is 38.5 Å². The van der Waals surface area contributed by atoms with E-state index in [1.807, 2.05) is 72.8 Å². The summed E-state index contributed by atoms with van der Waals surface area (Å²) < 4.78 is 10.9. The van der Waals surface area contributed by atoms with E-state index in [4.69, 9.17) is 9.47 Å². The molecule has 194 valence electrons. The summed E-state index contributed by atoms with van der Waals surface area (Å²) >= 11 is 0. The van der Waals surface area contributed by atoms with Crippen LogP contribution in [0.1, 0.15) is 56.5 Å². The van der Waals surface area contributed by atoms with Crippen LogP contribution in [0.5, 0.6) is 11.5 Å². The normalized spacial score (nSPS) is 19.7. The minimum Gasteiger partial charge on any atom is -0.497 e. The molecule has 0 saturated heterocycles. The fourth-order valence-corrected chi connectivity index (χ4v) is 6.49. The zero-order valence-electron chi connectivity index (χ0n) is 21.8. The first-order valence-corrected chi connectivity index (χ1v) is 13.1. The quantitative estimate of drug-likeness (QED) is 0.277. The van der Waals surface area contributed by atoms with Crippen molar-refractivity contribution in [2.75, 3.05) is 14.2 Å². The third-order valence-electron chi connectivity index (χ3n) is 8.33.